The minimum Gasteiger partial charge on any atom is -0.497 e. The molecule has 2 heterocycles. The SMILES string of the molecule is CCC1CCCCN1CCNC(=NCc1nnc(C)n1C)NCCc1ccc(OC)cc1. The van der Waals surface area contributed by atoms with Crippen LogP contribution in [0.5, 0.6) is 5.75 Å². The van der Waals surface area contributed by atoms with Gasteiger partial charge < -0.3 is 19.9 Å². The maximum absolute atomic E-state index is 5.25. The highest BCUT2D eigenvalue weighted by Gasteiger charge is 2.20. The van der Waals surface area contributed by atoms with Crippen molar-refractivity contribution in [2.24, 2.45) is 12.0 Å². The summed E-state index contributed by atoms with van der Waals surface area (Å²) in [6.07, 6.45) is 6.13. The maximum Gasteiger partial charge on any atom is 0.191 e. The lowest BCUT2D eigenvalue weighted by Crippen LogP contribution is -2.46. The second kappa shape index (κ2) is 12.4. The first kappa shape index (κ1) is 24.0. The van der Waals surface area contributed by atoms with E-state index in [-0.39, 0.29) is 0 Å². The van der Waals surface area contributed by atoms with Crippen LogP contribution >= 0.6 is 0 Å². The van der Waals surface area contributed by atoms with E-state index in [1.54, 1.807) is 7.11 Å². The molecule has 1 aromatic carbocycles. The Morgan fingerprint density at radius 1 is 1.16 bits per heavy atom. The van der Waals surface area contributed by atoms with Gasteiger partial charge in [-0.05, 0) is 56.8 Å². The van der Waals surface area contributed by atoms with Crippen LogP contribution in [0.2, 0.25) is 0 Å². The molecule has 176 valence electrons. The molecule has 32 heavy (non-hydrogen) atoms. The van der Waals surface area contributed by atoms with Crippen LogP contribution in [0.3, 0.4) is 0 Å². The number of hydrogen-bond donors (Lipinski definition) is 2. The third-order valence-electron chi connectivity index (χ3n) is 6.34. The van der Waals surface area contributed by atoms with Crippen LogP contribution in [0.1, 0.15) is 49.8 Å². The second-order valence-electron chi connectivity index (χ2n) is 8.43. The molecule has 1 unspecified atom stereocenters. The third-order valence-corrected chi connectivity index (χ3v) is 6.34. The fourth-order valence-electron chi connectivity index (χ4n) is 4.16. The molecule has 1 atom stereocenters. The van der Waals surface area contributed by atoms with Crippen molar-refractivity contribution >= 4 is 5.96 Å². The predicted octanol–water partition coefficient (Wildman–Crippen LogP) is 2.67. The molecule has 1 saturated heterocycles. The first-order valence-electron chi connectivity index (χ1n) is 11.8. The van der Waals surface area contributed by atoms with Gasteiger partial charge in [0.25, 0.3) is 0 Å². The number of aliphatic imine (C=N–C) groups is 1. The van der Waals surface area contributed by atoms with E-state index in [4.69, 9.17) is 9.73 Å². The molecule has 0 radical (unpaired) electrons. The summed E-state index contributed by atoms with van der Waals surface area (Å²) in [6, 6.07) is 8.93. The minimum absolute atomic E-state index is 0.497. The van der Waals surface area contributed by atoms with E-state index in [1.807, 2.05) is 30.7 Å². The van der Waals surface area contributed by atoms with E-state index < -0.39 is 0 Å². The molecule has 2 aromatic rings. The fourth-order valence-corrected chi connectivity index (χ4v) is 4.16. The number of ether oxygens (including phenoxy) is 1. The zero-order chi connectivity index (χ0) is 22.8. The number of hydrogen-bond acceptors (Lipinski definition) is 5. The summed E-state index contributed by atoms with van der Waals surface area (Å²) in [6.45, 7) is 8.68. The van der Waals surface area contributed by atoms with Crippen molar-refractivity contribution in [1.29, 1.82) is 0 Å². The average Bonchev–Trinajstić information content (AvgIpc) is 3.15. The smallest absolute Gasteiger partial charge is 0.191 e. The second-order valence-corrected chi connectivity index (χ2v) is 8.43. The Labute approximate surface area is 192 Å². The summed E-state index contributed by atoms with van der Waals surface area (Å²) in [7, 11) is 3.67. The van der Waals surface area contributed by atoms with Gasteiger partial charge in [-0.2, -0.15) is 0 Å². The van der Waals surface area contributed by atoms with Crippen LogP contribution in [0.15, 0.2) is 29.3 Å². The molecule has 0 saturated carbocycles. The first-order valence-corrected chi connectivity index (χ1v) is 11.8. The maximum atomic E-state index is 5.25. The molecule has 2 N–H and O–H groups in total. The van der Waals surface area contributed by atoms with Crippen molar-refractivity contribution in [2.45, 2.75) is 58.5 Å². The Kier molecular flexibility index (Phi) is 9.34. The van der Waals surface area contributed by atoms with Crippen molar-refractivity contribution < 1.29 is 4.74 Å². The monoisotopic (exact) mass is 441 g/mol. The van der Waals surface area contributed by atoms with Crippen molar-refractivity contribution in [3.8, 4) is 5.75 Å². The standard InChI is InChI=1S/C24H39N7O/c1-5-21-8-6-7-16-31(21)17-15-26-24(27-18-23-29-28-19(2)30(23)3)25-14-13-20-9-11-22(32-4)12-10-20/h9-12,21H,5-8,13-18H2,1-4H3,(H2,25,26,27). The predicted molar refractivity (Wildman–Crippen MR) is 129 cm³/mol. The van der Waals surface area contributed by atoms with Gasteiger partial charge in [0.2, 0.25) is 0 Å². The quantitative estimate of drug-likeness (QED) is 0.436. The normalized spacial score (nSPS) is 17.4. The summed E-state index contributed by atoms with van der Waals surface area (Å²) in [4.78, 5) is 7.40. The van der Waals surface area contributed by atoms with Gasteiger partial charge in [-0.1, -0.05) is 25.5 Å². The molecule has 0 aliphatic carbocycles. The van der Waals surface area contributed by atoms with Gasteiger partial charge in [-0.25, -0.2) is 4.99 Å². The number of rotatable bonds is 10. The van der Waals surface area contributed by atoms with Crippen LogP contribution in [-0.2, 0) is 20.0 Å². The number of piperidine rings is 1. The van der Waals surface area contributed by atoms with Crippen molar-refractivity contribution in [2.75, 3.05) is 33.3 Å². The lowest BCUT2D eigenvalue weighted by Gasteiger charge is -2.35. The summed E-state index contributed by atoms with van der Waals surface area (Å²) < 4.78 is 7.23. The van der Waals surface area contributed by atoms with Crippen LogP contribution in [0, 0.1) is 6.92 Å². The topological polar surface area (TPSA) is 79.6 Å². The Hall–Kier alpha value is -2.61. The lowest BCUT2D eigenvalue weighted by atomic mass is 10.0. The van der Waals surface area contributed by atoms with Gasteiger partial charge in [0.1, 0.15) is 18.1 Å². The third kappa shape index (κ3) is 6.95. The number of benzene rings is 1. The minimum atomic E-state index is 0.497. The number of nitrogens with zero attached hydrogens (tertiary/aromatic N) is 5. The summed E-state index contributed by atoms with van der Waals surface area (Å²) in [5.74, 6) is 3.46. The molecule has 8 heteroatoms. The van der Waals surface area contributed by atoms with E-state index >= 15 is 0 Å². The largest absolute Gasteiger partial charge is 0.497 e. The van der Waals surface area contributed by atoms with Crippen LogP contribution < -0.4 is 15.4 Å². The van der Waals surface area contributed by atoms with Gasteiger partial charge in [-0.15, -0.1) is 10.2 Å². The van der Waals surface area contributed by atoms with Gasteiger partial charge in [0, 0.05) is 32.7 Å². The highest BCUT2D eigenvalue weighted by Crippen LogP contribution is 2.18. The van der Waals surface area contributed by atoms with E-state index in [1.165, 1.54) is 37.8 Å². The van der Waals surface area contributed by atoms with Crippen LogP contribution in [0.4, 0.5) is 0 Å². The lowest BCUT2D eigenvalue weighted by molar-refractivity contribution is 0.147. The Morgan fingerprint density at radius 2 is 1.94 bits per heavy atom. The zero-order valence-corrected chi connectivity index (χ0v) is 20.1. The Morgan fingerprint density at radius 3 is 2.62 bits per heavy atom. The average molecular weight is 442 g/mol. The molecule has 8 nitrogen and oxygen atoms in total. The van der Waals surface area contributed by atoms with E-state index in [0.717, 1.165) is 55.5 Å². The number of nitrogens with one attached hydrogen (secondary N) is 2. The first-order chi connectivity index (χ1) is 15.6. The number of guanidine groups is 1. The van der Waals surface area contributed by atoms with E-state index in [2.05, 4.69) is 44.8 Å². The van der Waals surface area contributed by atoms with Crippen molar-refractivity contribution in [3.05, 3.63) is 41.5 Å². The van der Waals surface area contributed by atoms with E-state index in [9.17, 15) is 0 Å². The molecule has 0 amide bonds. The molecule has 0 bridgehead atoms. The highest BCUT2D eigenvalue weighted by atomic mass is 16.5. The van der Waals surface area contributed by atoms with Gasteiger partial charge >= 0.3 is 0 Å². The molecule has 3 rings (SSSR count). The summed E-state index contributed by atoms with van der Waals surface area (Å²) >= 11 is 0. The molecule has 0 spiro atoms. The molecular formula is C24H39N7O. The van der Waals surface area contributed by atoms with Crippen LogP contribution in [-0.4, -0.2) is 65.0 Å². The number of aryl methyl sites for hydroxylation is 1. The molecule has 1 fully saturated rings. The molecule has 1 aliphatic rings. The van der Waals surface area contributed by atoms with Gasteiger partial charge in [0.15, 0.2) is 11.8 Å². The van der Waals surface area contributed by atoms with E-state index in [0.29, 0.717) is 6.54 Å². The van der Waals surface area contributed by atoms with Crippen LogP contribution in [0.25, 0.3) is 0 Å². The fraction of sp³-hybridized carbons (Fsp3) is 0.625. The van der Waals surface area contributed by atoms with Crippen molar-refractivity contribution in [3.63, 3.8) is 0 Å². The Balaban J connectivity index is 1.55. The highest BCUT2D eigenvalue weighted by molar-refractivity contribution is 5.79. The van der Waals surface area contributed by atoms with Gasteiger partial charge in [0.05, 0.1) is 7.11 Å². The number of aromatic nitrogens is 3. The summed E-state index contributed by atoms with van der Waals surface area (Å²) in [5, 5.41) is 15.4. The van der Waals surface area contributed by atoms with Crippen molar-refractivity contribution in [1.82, 2.24) is 30.3 Å². The molecule has 1 aliphatic heterocycles. The Bertz CT molecular complexity index is 847. The summed E-state index contributed by atoms with van der Waals surface area (Å²) in [5.41, 5.74) is 1.26. The molecule has 1 aromatic heterocycles. The molecular weight excluding hydrogens is 402 g/mol. The number of likely N-dealkylation sites (tertiary alicyclic amines) is 1. The zero-order valence-electron chi connectivity index (χ0n) is 20.1. The number of methoxy groups -OCH3 is 1. The van der Waals surface area contributed by atoms with Gasteiger partial charge in [-0.3, -0.25) is 4.90 Å².